The molecule has 8 heavy (non-hydrogen) atoms. The van der Waals surface area contributed by atoms with Crippen LogP contribution in [-0.2, 0) is 0 Å². The number of nitrogens with two attached hydrogens (primary N) is 1. The van der Waals surface area contributed by atoms with E-state index in [4.69, 9.17) is 4.69 Å². The molecule has 0 radical (unpaired) electrons. The molecule has 1 atom stereocenters. The fourth-order valence-electron chi connectivity index (χ4n) is 0.408. The molecular formula is C6H17GeN. The van der Waals surface area contributed by atoms with Gasteiger partial charge in [-0.15, -0.1) is 0 Å². The number of rotatable bonds is 2. The van der Waals surface area contributed by atoms with E-state index in [1.165, 1.54) is 5.25 Å². The van der Waals surface area contributed by atoms with Gasteiger partial charge in [0.15, 0.2) is 0 Å². The van der Waals surface area contributed by atoms with Gasteiger partial charge in [0.2, 0.25) is 0 Å². The molecule has 0 aromatic heterocycles. The van der Waals surface area contributed by atoms with Crippen LogP contribution in [-0.4, -0.2) is 13.5 Å². The molecule has 1 unspecified atom stereocenters. The molecule has 0 fully saturated rings. The summed E-state index contributed by atoms with van der Waals surface area (Å²) in [6.07, 6.45) is 0. The van der Waals surface area contributed by atoms with Gasteiger partial charge < -0.3 is 0 Å². The zero-order valence-corrected chi connectivity index (χ0v) is 8.46. The van der Waals surface area contributed by atoms with E-state index in [2.05, 4.69) is 26.5 Å². The summed E-state index contributed by atoms with van der Waals surface area (Å²) < 4.78 is 6.82. The van der Waals surface area contributed by atoms with Crippen molar-refractivity contribution in [2.45, 2.75) is 36.5 Å². The van der Waals surface area contributed by atoms with Crippen molar-refractivity contribution in [2.75, 3.05) is 0 Å². The van der Waals surface area contributed by atoms with E-state index in [1.54, 1.807) is 0 Å². The normalized spacial score (nSPS) is 18.8. The summed E-state index contributed by atoms with van der Waals surface area (Å²) in [6, 6.07) is 0. The molecule has 0 heterocycles. The molecule has 0 aliphatic heterocycles. The first-order valence-electron chi connectivity index (χ1n) is 3.29. The van der Waals surface area contributed by atoms with Crippen molar-refractivity contribution in [3.8, 4) is 0 Å². The Morgan fingerprint density at radius 2 is 1.88 bits per heavy atom. The average molecular weight is 176 g/mol. The molecule has 0 aromatic carbocycles. The van der Waals surface area contributed by atoms with Crippen LogP contribution in [0, 0.1) is 0 Å². The van der Waals surface area contributed by atoms with Gasteiger partial charge >= 0.3 is 54.7 Å². The maximum atomic E-state index is 6.05. The van der Waals surface area contributed by atoms with Crippen molar-refractivity contribution in [1.29, 1.82) is 0 Å². The van der Waals surface area contributed by atoms with Crippen LogP contribution in [0.4, 0.5) is 0 Å². The van der Waals surface area contributed by atoms with E-state index in [0.29, 0.717) is 0 Å². The van der Waals surface area contributed by atoms with Crippen molar-refractivity contribution in [2.24, 2.45) is 4.69 Å². The van der Waals surface area contributed by atoms with Crippen LogP contribution in [0.15, 0.2) is 0 Å². The summed E-state index contributed by atoms with van der Waals surface area (Å²) in [5.41, 5.74) is 0. The van der Waals surface area contributed by atoms with Crippen molar-refractivity contribution in [1.82, 2.24) is 0 Å². The van der Waals surface area contributed by atoms with Crippen LogP contribution in [0.1, 0.15) is 20.8 Å². The standard InChI is InChI=1S/C6H17GeN/c1-5-7(4,8)6(2)3/h6H,5,8H2,1-4H3. The van der Waals surface area contributed by atoms with Crippen molar-refractivity contribution >= 4 is 13.5 Å². The van der Waals surface area contributed by atoms with Gasteiger partial charge in [0, 0.05) is 0 Å². The summed E-state index contributed by atoms with van der Waals surface area (Å²) in [7, 11) is 0. The van der Waals surface area contributed by atoms with Gasteiger partial charge in [0.25, 0.3) is 0 Å². The molecule has 0 spiro atoms. The van der Waals surface area contributed by atoms with E-state index in [0.717, 1.165) is 4.75 Å². The van der Waals surface area contributed by atoms with Gasteiger partial charge in [0.05, 0.1) is 0 Å². The zero-order chi connectivity index (χ0) is 6.78. The summed E-state index contributed by atoms with van der Waals surface area (Å²) in [6.45, 7) is 6.69. The third-order valence-electron chi connectivity index (χ3n) is 2.08. The molecule has 0 aliphatic carbocycles. The predicted octanol–water partition coefficient (Wildman–Crippen LogP) is 1.95. The summed E-state index contributed by atoms with van der Waals surface area (Å²) in [5, 5.41) is 1.25. The average Bonchev–Trinajstić information content (AvgIpc) is 1.67. The monoisotopic (exact) mass is 177 g/mol. The van der Waals surface area contributed by atoms with Gasteiger partial charge in [-0.05, 0) is 0 Å². The quantitative estimate of drug-likeness (QED) is 0.639. The Morgan fingerprint density at radius 1 is 1.50 bits per heavy atom. The van der Waals surface area contributed by atoms with Crippen LogP contribution < -0.4 is 4.69 Å². The van der Waals surface area contributed by atoms with Crippen molar-refractivity contribution < 1.29 is 0 Å². The third-order valence-corrected chi connectivity index (χ3v) is 10.8. The van der Waals surface area contributed by atoms with Crippen molar-refractivity contribution in [3.05, 3.63) is 0 Å². The minimum atomic E-state index is -1.71. The first-order chi connectivity index (χ1) is 3.50. The summed E-state index contributed by atoms with van der Waals surface area (Å²) in [5.74, 6) is 2.28. The topological polar surface area (TPSA) is 26.0 Å². The molecular weight excluding hydrogens is 159 g/mol. The van der Waals surface area contributed by atoms with Gasteiger partial charge in [-0.25, -0.2) is 0 Å². The van der Waals surface area contributed by atoms with E-state index >= 15 is 0 Å². The zero-order valence-electron chi connectivity index (χ0n) is 6.36. The number of hydrogen-bond acceptors (Lipinski definition) is 1. The van der Waals surface area contributed by atoms with Gasteiger partial charge in [-0.2, -0.15) is 0 Å². The second-order valence-electron chi connectivity index (χ2n) is 3.01. The fourth-order valence-corrected chi connectivity index (χ4v) is 2.12. The molecule has 50 valence electrons. The van der Waals surface area contributed by atoms with E-state index < -0.39 is 13.5 Å². The number of hydrogen-bond donors (Lipinski definition) is 1. The minimum absolute atomic E-state index is 0.778. The van der Waals surface area contributed by atoms with Gasteiger partial charge in [-0.1, -0.05) is 0 Å². The Hall–Kier alpha value is 0.503. The molecule has 0 saturated heterocycles. The first kappa shape index (κ1) is 8.50. The van der Waals surface area contributed by atoms with E-state index in [-0.39, 0.29) is 0 Å². The van der Waals surface area contributed by atoms with Crippen LogP contribution >= 0.6 is 0 Å². The Labute approximate surface area is 55.2 Å². The molecule has 2 heteroatoms. The first-order valence-corrected chi connectivity index (χ1v) is 9.30. The molecule has 2 N–H and O–H groups in total. The Kier molecular flexibility index (Phi) is 3.06. The van der Waals surface area contributed by atoms with E-state index in [9.17, 15) is 0 Å². The van der Waals surface area contributed by atoms with Crippen LogP contribution in [0.5, 0.6) is 0 Å². The molecule has 0 aromatic rings. The predicted molar refractivity (Wildman–Crippen MR) is 41.4 cm³/mol. The van der Waals surface area contributed by atoms with Gasteiger partial charge in [0.1, 0.15) is 0 Å². The van der Waals surface area contributed by atoms with Crippen LogP contribution in [0.25, 0.3) is 0 Å². The summed E-state index contributed by atoms with van der Waals surface area (Å²) in [4.78, 5) is 0. The third kappa shape index (κ3) is 2.18. The van der Waals surface area contributed by atoms with Gasteiger partial charge in [-0.3, -0.25) is 0 Å². The molecule has 0 amide bonds. The molecule has 0 bridgehead atoms. The van der Waals surface area contributed by atoms with Crippen LogP contribution in [0.2, 0.25) is 15.8 Å². The fraction of sp³-hybridized carbons (Fsp3) is 1.00. The maximum absolute atomic E-state index is 6.05. The second-order valence-corrected chi connectivity index (χ2v) is 13.2. The second kappa shape index (κ2) is 2.88. The molecule has 1 nitrogen and oxygen atoms in total. The Bertz CT molecular complexity index is 68.9. The Morgan fingerprint density at radius 3 is 1.88 bits per heavy atom. The molecule has 0 saturated carbocycles. The molecule has 0 rings (SSSR count). The summed E-state index contributed by atoms with van der Waals surface area (Å²) >= 11 is -1.71. The Balaban J connectivity index is 3.71. The molecule has 0 aliphatic rings. The van der Waals surface area contributed by atoms with Crippen LogP contribution in [0.3, 0.4) is 0 Å². The SMILES string of the molecule is C[CH2][Ge]([CH3])([NH2])[CH](C)C. The van der Waals surface area contributed by atoms with Crippen molar-refractivity contribution in [3.63, 3.8) is 0 Å². The van der Waals surface area contributed by atoms with E-state index in [1.807, 2.05) is 0 Å².